The number of nitrogens with zero attached hydrogens (tertiary/aromatic N) is 1. The van der Waals surface area contributed by atoms with Gasteiger partial charge in [-0.05, 0) is 19.3 Å². The maximum Gasteiger partial charge on any atom is 0.472 e. The Morgan fingerprint density at radius 3 is 1.70 bits per heavy atom. The molecular weight excluding hydrogens is 317 g/mol. The van der Waals surface area contributed by atoms with Crippen molar-refractivity contribution < 1.29 is 28.1 Å². The zero-order chi connectivity index (χ0) is 17.6. The molecule has 6 nitrogen and oxygen atoms in total. The van der Waals surface area contributed by atoms with Gasteiger partial charge in [0.05, 0.1) is 47.5 Å². The summed E-state index contributed by atoms with van der Waals surface area (Å²) < 4.78 is 21.7. The van der Waals surface area contributed by atoms with Crippen LogP contribution >= 0.6 is 7.82 Å². The van der Waals surface area contributed by atoms with Crippen LogP contribution in [-0.4, -0.2) is 62.0 Å². The molecule has 0 saturated heterocycles. The minimum atomic E-state index is -3.96. The topological polar surface area (TPSA) is 76.0 Å². The summed E-state index contributed by atoms with van der Waals surface area (Å²) in [5, 5.41) is 8.51. The summed E-state index contributed by atoms with van der Waals surface area (Å²) in [6.07, 6.45) is 10.6. The van der Waals surface area contributed by atoms with Gasteiger partial charge in [0.15, 0.2) is 0 Å². The van der Waals surface area contributed by atoms with Gasteiger partial charge in [-0.2, -0.15) is 0 Å². The molecule has 0 spiro atoms. The maximum absolute atomic E-state index is 11.3. The Balaban J connectivity index is 3.26. The lowest BCUT2D eigenvalue weighted by atomic mass is 10.1. The summed E-state index contributed by atoms with van der Waals surface area (Å²) in [6.45, 7) is 1.01. The van der Waals surface area contributed by atoms with Crippen molar-refractivity contribution in [3.8, 4) is 0 Å². The third-order valence-corrected chi connectivity index (χ3v) is 4.59. The van der Waals surface area contributed by atoms with Gasteiger partial charge in [0.1, 0.15) is 0 Å². The third-order valence-electron chi connectivity index (χ3n) is 3.57. The van der Waals surface area contributed by atoms with Gasteiger partial charge in [0.25, 0.3) is 0 Å². The number of aliphatic hydroxyl groups is 1. The third kappa shape index (κ3) is 18.2. The second kappa shape index (κ2) is 13.3. The highest BCUT2D eigenvalue weighted by molar-refractivity contribution is 7.47. The number of rotatable bonds is 16. The fraction of sp³-hybridized carbons (Fsp3) is 1.00. The molecule has 7 heteroatoms. The summed E-state index contributed by atoms with van der Waals surface area (Å²) in [4.78, 5) is 9.24. The molecular formula is C16H37NO5P+. The molecule has 23 heavy (non-hydrogen) atoms. The molecule has 0 aliphatic carbocycles. The monoisotopic (exact) mass is 354 g/mol. The van der Waals surface area contributed by atoms with Gasteiger partial charge in [0.2, 0.25) is 0 Å². The second-order valence-corrected chi connectivity index (χ2v) is 8.51. The quantitative estimate of drug-likeness (QED) is 0.253. The van der Waals surface area contributed by atoms with Gasteiger partial charge in [-0.3, -0.25) is 9.05 Å². The molecule has 0 aliphatic heterocycles. The first kappa shape index (κ1) is 23.0. The zero-order valence-corrected chi connectivity index (χ0v) is 16.1. The molecule has 0 amide bonds. The predicted molar refractivity (Wildman–Crippen MR) is 93.3 cm³/mol. The summed E-state index contributed by atoms with van der Waals surface area (Å²) in [7, 11) is 2.74. The highest BCUT2D eigenvalue weighted by Gasteiger charge is 2.19. The van der Waals surface area contributed by atoms with Crippen LogP contribution in [0.3, 0.4) is 0 Å². The molecule has 1 atom stereocenters. The number of aliphatic hydroxyl groups excluding tert-OH is 1. The molecule has 1 unspecified atom stereocenters. The Labute approximate surface area is 142 Å². The normalized spacial score (nSPS) is 14.8. The van der Waals surface area contributed by atoms with Crippen LogP contribution in [0.4, 0.5) is 0 Å². The molecule has 0 bridgehead atoms. The van der Waals surface area contributed by atoms with E-state index in [1.54, 1.807) is 0 Å². The lowest BCUT2D eigenvalue weighted by Crippen LogP contribution is -2.35. The fourth-order valence-electron chi connectivity index (χ4n) is 2.30. The van der Waals surface area contributed by atoms with Crippen LogP contribution in [0, 0.1) is 0 Å². The van der Waals surface area contributed by atoms with Gasteiger partial charge in [-0.25, -0.2) is 4.57 Å². The molecule has 0 aromatic carbocycles. The molecule has 2 N–H and O–H groups in total. The average Bonchev–Trinajstić information content (AvgIpc) is 2.45. The summed E-state index contributed by atoms with van der Waals surface area (Å²) >= 11 is 0. The molecule has 0 aromatic rings. The first-order valence-corrected chi connectivity index (χ1v) is 10.3. The Morgan fingerprint density at radius 2 is 1.22 bits per heavy atom. The molecule has 0 saturated carbocycles. The van der Waals surface area contributed by atoms with E-state index in [1.807, 2.05) is 0 Å². The minimum absolute atomic E-state index is 0.178. The van der Waals surface area contributed by atoms with Crippen LogP contribution in [0.2, 0.25) is 0 Å². The first-order valence-electron chi connectivity index (χ1n) is 8.80. The Morgan fingerprint density at radius 1 is 0.783 bits per heavy atom. The highest BCUT2D eigenvalue weighted by atomic mass is 31.2. The van der Waals surface area contributed by atoms with Crippen molar-refractivity contribution >= 4 is 7.82 Å². The number of unbranched alkanes of at least 4 members (excludes halogenated alkanes) is 8. The highest BCUT2D eigenvalue weighted by Crippen LogP contribution is 2.42. The number of quaternary nitrogens is 1. The number of hydrogen-bond acceptors (Lipinski definition) is 4. The number of phosphoric acid groups is 1. The molecule has 0 aliphatic rings. The largest absolute Gasteiger partial charge is 0.472 e. The minimum Gasteiger partial charge on any atom is -0.394 e. The zero-order valence-electron chi connectivity index (χ0n) is 15.2. The van der Waals surface area contributed by atoms with E-state index in [-0.39, 0.29) is 19.8 Å². The van der Waals surface area contributed by atoms with Gasteiger partial charge in [-0.1, -0.05) is 38.5 Å². The summed E-state index contributed by atoms with van der Waals surface area (Å²) in [5.41, 5.74) is 0. The standard InChI is InChI=1S/C16H36NO5P/c1-17(2,3)13-11-9-7-5-4-6-8-10-12-15-21-23(19,20)22-16-14-18/h18H,4-16H2,1-3H3/p+1. The molecule has 0 radical (unpaired) electrons. The maximum atomic E-state index is 11.3. The van der Waals surface area contributed by atoms with Gasteiger partial charge in [0, 0.05) is 0 Å². The van der Waals surface area contributed by atoms with Crippen LogP contribution in [0.5, 0.6) is 0 Å². The van der Waals surface area contributed by atoms with Crippen molar-refractivity contribution in [2.45, 2.75) is 57.8 Å². The van der Waals surface area contributed by atoms with Crippen molar-refractivity contribution in [2.24, 2.45) is 0 Å². The predicted octanol–water partition coefficient (Wildman–Crippen LogP) is 3.33. The van der Waals surface area contributed by atoms with Crippen LogP contribution < -0.4 is 0 Å². The SMILES string of the molecule is C[N+](C)(C)CCCCCCCCCCCOP(=O)(O)OCCO. The second-order valence-electron chi connectivity index (χ2n) is 7.05. The lowest BCUT2D eigenvalue weighted by molar-refractivity contribution is -0.870. The Kier molecular flexibility index (Phi) is 13.4. The van der Waals surface area contributed by atoms with Crippen molar-refractivity contribution in [3.05, 3.63) is 0 Å². The van der Waals surface area contributed by atoms with Crippen LogP contribution in [0.15, 0.2) is 0 Å². The summed E-state index contributed by atoms with van der Waals surface area (Å²) in [5.74, 6) is 0. The Hall–Kier alpha value is 0.0300. The van der Waals surface area contributed by atoms with E-state index >= 15 is 0 Å². The van der Waals surface area contributed by atoms with Crippen molar-refractivity contribution in [1.82, 2.24) is 0 Å². The van der Waals surface area contributed by atoms with Crippen molar-refractivity contribution in [2.75, 3.05) is 47.5 Å². The van der Waals surface area contributed by atoms with E-state index in [0.29, 0.717) is 0 Å². The smallest absolute Gasteiger partial charge is 0.394 e. The van der Waals surface area contributed by atoms with E-state index in [0.717, 1.165) is 23.7 Å². The first-order chi connectivity index (χ1) is 10.8. The molecule has 0 rings (SSSR count). The van der Waals surface area contributed by atoms with E-state index in [4.69, 9.17) is 9.63 Å². The van der Waals surface area contributed by atoms with Crippen molar-refractivity contribution in [3.63, 3.8) is 0 Å². The van der Waals surface area contributed by atoms with E-state index < -0.39 is 7.82 Å². The summed E-state index contributed by atoms with van der Waals surface area (Å²) in [6, 6.07) is 0. The van der Waals surface area contributed by atoms with E-state index in [9.17, 15) is 9.46 Å². The van der Waals surface area contributed by atoms with Gasteiger partial charge < -0.3 is 14.5 Å². The lowest BCUT2D eigenvalue weighted by Gasteiger charge is -2.23. The van der Waals surface area contributed by atoms with Crippen LogP contribution in [0.1, 0.15) is 57.8 Å². The van der Waals surface area contributed by atoms with Gasteiger partial charge in [-0.15, -0.1) is 0 Å². The molecule has 0 aromatic heterocycles. The molecule has 140 valence electrons. The molecule has 0 heterocycles. The Bertz CT molecular complexity index is 320. The van der Waals surface area contributed by atoms with Crippen LogP contribution in [0.25, 0.3) is 0 Å². The fourth-order valence-corrected chi connectivity index (χ4v) is 3.05. The van der Waals surface area contributed by atoms with Crippen molar-refractivity contribution in [1.29, 1.82) is 0 Å². The number of phosphoric ester groups is 1. The number of hydrogen-bond donors (Lipinski definition) is 2. The average molecular weight is 354 g/mol. The van der Waals surface area contributed by atoms with E-state index in [2.05, 4.69) is 25.7 Å². The van der Waals surface area contributed by atoms with E-state index in [1.165, 1.54) is 45.1 Å². The van der Waals surface area contributed by atoms with Gasteiger partial charge >= 0.3 is 7.82 Å². The van der Waals surface area contributed by atoms with Crippen LogP contribution in [-0.2, 0) is 13.6 Å². The molecule has 0 fully saturated rings.